The molecule has 0 aliphatic carbocycles. The van der Waals surface area contributed by atoms with Gasteiger partial charge < -0.3 is 10.1 Å². The van der Waals surface area contributed by atoms with Gasteiger partial charge in [-0.2, -0.15) is 9.67 Å². The molecule has 0 fully saturated rings. The Balaban J connectivity index is 1.74. The van der Waals surface area contributed by atoms with E-state index >= 15 is 0 Å². The van der Waals surface area contributed by atoms with Crippen LogP contribution in [0.3, 0.4) is 0 Å². The van der Waals surface area contributed by atoms with E-state index in [2.05, 4.69) is 41.1 Å². The maximum atomic E-state index is 12.5. The molecule has 25 heavy (non-hydrogen) atoms. The monoisotopic (exact) mass is 405 g/mol. The van der Waals surface area contributed by atoms with E-state index in [-0.39, 0.29) is 18.3 Å². The fraction of sp³-hybridized carbons (Fsp3) is 0.312. The molecular weight excluding hydrogens is 390 g/mol. The molecule has 1 N–H and O–H groups in total. The van der Waals surface area contributed by atoms with Gasteiger partial charge >= 0.3 is 5.97 Å². The van der Waals surface area contributed by atoms with Gasteiger partial charge in [-0.3, -0.25) is 9.59 Å². The van der Waals surface area contributed by atoms with E-state index in [0.717, 1.165) is 14.7 Å². The van der Waals surface area contributed by atoms with E-state index in [9.17, 15) is 9.59 Å². The van der Waals surface area contributed by atoms with Gasteiger partial charge in [-0.1, -0.05) is 28.1 Å². The van der Waals surface area contributed by atoms with E-state index in [4.69, 9.17) is 0 Å². The second-order valence-electron chi connectivity index (χ2n) is 5.55. The zero-order chi connectivity index (χ0) is 18.0. The summed E-state index contributed by atoms with van der Waals surface area (Å²) in [6, 6.07) is 7.81. The fourth-order valence-corrected chi connectivity index (χ4v) is 2.69. The molecule has 0 amide bonds. The molecule has 3 rings (SSSR count). The number of rotatable bonds is 5. The van der Waals surface area contributed by atoms with Crippen molar-refractivity contribution in [1.82, 2.24) is 14.8 Å². The molecule has 0 bridgehead atoms. The number of fused-ring (bicyclic) bond motifs is 1. The van der Waals surface area contributed by atoms with Gasteiger partial charge in [-0.05, 0) is 24.6 Å². The predicted molar refractivity (Wildman–Crippen MR) is 95.0 cm³/mol. The largest absolute Gasteiger partial charge is 0.469 e. The summed E-state index contributed by atoms with van der Waals surface area (Å²) in [5.41, 5.74) is 1.57. The van der Waals surface area contributed by atoms with Gasteiger partial charge in [0.2, 0.25) is 5.95 Å². The number of ether oxygens (including phenoxy) is 1. The Hall–Kier alpha value is -2.55. The Morgan fingerprint density at radius 3 is 2.76 bits per heavy atom. The number of esters is 1. The van der Waals surface area contributed by atoms with Crippen molar-refractivity contribution in [3.8, 4) is 0 Å². The zero-order valence-electron chi connectivity index (χ0n) is 13.7. The average Bonchev–Trinajstić information content (AvgIpc) is 3.01. The lowest BCUT2D eigenvalue weighted by Crippen LogP contribution is -2.33. The summed E-state index contributed by atoms with van der Waals surface area (Å²) in [5.74, 6) is -0.966. The van der Waals surface area contributed by atoms with Crippen molar-refractivity contribution in [3.05, 3.63) is 34.3 Å². The third-order valence-corrected chi connectivity index (χ3v) is 4.37. The van der Waals surface area contributed by atoms with Crippen molar-refractivity contribution >= 4 is 45.4 Å². The summed E-state index contributed by atoms with van der Waals surface area (Å²) in [6.07, 6.45) is -0.0639. The summed E-state index contributed by atoms with van der Waals surface area (Å²) in [5, 5.41) is 7.23. The van der Waals surface area contributed by atoms with Crippen molar-refractivity contribution < 1.29 is 14.3 Å². The normalized spacial score (nSPS) is 16.2. The van der Waals surface area contributed by atoms with Crippen LogP contribution < -0.4 is 5.32 Å². The Labute approximate surface area is 152 Å². The standard InChI is InChI=1S/C16H16BrN5O3/c1-9-12(7-13(23)25-2)14(24)22-16(19-9)20-15(21-22)18-8-10-3-5-11(17)6-4-10/h3-6,12H,7-8H2,1-2H3,(H,18,21). The second-order valence-corrected chi connectivity index (χ2v) is 6.47. The van der Waals surface area contributed by atoms with Crippen LogP contribution in [-0.4, -0.2) is 39.5 Å². The van der Waals surface area contributed by atoms with E-state index in [1.807, 2.05) is 24.3 Å². The van der Waals surface area contributed by atoms with Crippen LogP contribution in [0.2, 0.25) is 0 Å². The Morgan fingerprint density at radius 2 is 2.08 bits per heavy atom. The molecule has 1 aliphatic rings. The van der Waals surface area contributed by atoms with Crippen molar-refractivity contribution in [2.45, 2.75) is 19.9 Å². The number of carbonyl (C=O) groups excluding carboxylic acids is 2. The van der Waals surface area contributed by atoms with Gasteiger partial charge in [0.15, 0.2) is 0 Å². The average molecular weight is 406 g/mol. The molecule has 1 atom stereocenters. The Kier molecular flexibility index (Phi) is 4.93. The van der Waals surface area contributed by atoms with Crippen molar-refractivity contribution in [3.63, 3.8) is 0 Å². The first-order valence-corrected chi connectivity index (χ1v) is 8.39. The zero-order valence-corrected chi connectivity index (χ0v) is 15.3. The molecule has 2 heterocycles. The molecule has 1 unspecified atom stereocenters. The molecule has 1 aromatic heterocycles. The quantitative estimate of drug-likeness (QED) is 0.767. The van der Waals surface area contributed by atoms with Crippen molar-refractivity contribution in [2.24, 2.45) is 10.9 Å². The highest BCUT2D eigenvalue weighted by atomic mass is 79.9. The number of nitrogens with one attached hydrogen (secondary N) is 1. The highest BCUT2D eigenvalue weighted by Gasteiger charge is 2.33. The molecule has 0 saturated heterocycles. The van der Waals surface area contributed by atoms with E-state index < -0.39 is 11.9 Å². The van der Waals surface area contributed by atoms with Crippen molar-refractivity contribution in [1.29, 1.82) is 0 Å². The Morgan fingerprint density at radius 1 is 1.36 bits per heavy atom. The number of halogens is 1. The first kappa shape index (κ1) is 17.3. The van der Waals surface area contributed by atoms with Crippen molar-refractivity contribution in [2.75, 3.05) is 12.4 Å². The number of benzene rings is 1. The number of aliphatic imine (C=N–C) groups is 1. The van der Waals surface area contributed by atoms with E-state index in [0.29, 0.717) is 18.2 Å². The van der Waals surface area contributed by atoms with Crippen LogP contribution in [0.25, 0.3) is 0 Å². The van der Waals surface area contributed by atoms with E-state index in [1.54, 1.807) is 6.92 Å². The lowest BCUT2D eigenvalue weighted by molar-refractivity contribution is -0.141. The van der Waals surface area contributed by atoms with Crippen LogP contribution >= 0.6 is 15.9 Å². The molecule has 2 aromatic rings. The first-order chi connectivity index (χ1) is 12.0. The molecule has 1 aromatic carbocycles. The van der Waals surface area contributed by atoms with E-state index in [1.165, 1.54) is 7.11 Å². The molecule has 9 heteroatoms. The minimum absolute atomic E-state index is 0.0639. The van der Waals surface area contributed by atoms with Crippen LogP contribution in [0.15, 0.2) is 33.7 Å². The van der Waals surface area contributed by atoms with Crippen LogP contribution in [0.1, 0.15) is 23.7 Å². The van der Waals surface area contributed by atoms with Gasteiger partial charge in [-0.15, -0.1) is 5.10 Å². The second kappa shape index (κ2) is 7.14. The highest BCUT2D eigenvalue weighted by Crippen LogP contribution is 2.24. The number of aromatic nitrogens is 3. The molecule has 0 spiro atoms. The number of hydrogen-bond donors (Lipinski definition) is 1. The number of carbonyl (C=O) groups is 2. The van der Waals surface area contributed by atoms with Gasteiger partial charge in [0.25, 0.3) is 11.9 Å². The number of methoxy groups -OCH3 is 1. The first-order valence-electron chi connectivity index (χ1n) is 7.59. The molecule has 1 aliphatic heterocycles. The summed E-state index contributed by atoms with van der Waals surface area (Å²) < 4.78 is 6.76. The Bertz CT molecular complexity index is 844. The lowest BCUT2D eigenvalue weighted by Gasteiger charge is -2.18. The summed E-state index contributed by atoms with van der Waals surface area (Å²) in [7, 11) is 1.28. The smallest absolute Gasteiger partial charge is 0.306 e. The predicted octanol–water partition coefficient (Wildman–Crippen LogP) is 2.58. The topological polar surface area (TPSA) is 98.5 Å². The van der Waals surface area contributed by atoms with Gasteiger partial charge in [0, 0.05) is 16.7 Å². The van der Waals surface area contributed by atoms with Crippen LogP contribution in [0, 0.1) is 5.92 Å². The minimum atomic E-state index is -0.680. The molecule has 8 nitrogen and oxygen atoms in total. The lowest BCUT2D eigenvalue weighted by atomic mass is 9.98. The third kappa shape index (κ3) is 3.76. The maximum Gasteiger partial charge on any atom is 0.306 e. The molecule has 130 valence electrons. The summed E-state index contributed by atoms with van der Waals surface area (Å²) in [4.78, 5) is 32.5. The molecular formula is C16H16BrN5O3. The van der Waals surface area contributed by atoms with Gasteiger partial charge in [0.1, 0.15) is 0 Å². The van der Waals surface area contributed by atoms with Gasteiger partial charge in [-0.25, -0.2) is 4.99 Å². The number of hydrogen-bond acceptors (Lipinski definition) is 7. The summed E-state index contributed by atoms with van der Waals surface area (Å²) in [6.45, 7) is 2.21. The maximum absolute atomic E-state index is 12.5. The van der Waals surface area contributed by atoms with Crippen LogP contribution in [0.5, 0.6) is 0 Å². The SMILES string of the molecule is COC(=O)CC1C(=O)n2nc(NCc3ccc(Br)cc3)nc2N=C1C. The summed E-state index contributed by atoms with van der Waals surface area (Å²) >= 11 is 3.39. The minimum Gasteiger partial charge on any atom is -0.469 e. The third-order valence-electron chi connectivity index (χ3n) is 3.84. The van der Waals surface area contributed by atoms with Crippen LogP contribution in [-0.2, 0) is 16.1 Å². The molecule has 0 radical (unpaired) electrons. The highest BCUT2D eigenvalue weighted by molar-refractivity contribution is 9.10. The number of anilines is 1. The van der Waals surface area contributed by atoms with Gasteiger partial charge in [0.05, 0.1) is 19.4 Å². The molecule has 0 saturated carbocycles. The fourth-order valence-electron chi connectivity index (χ4n) is 2.43. The number of nitrogens with zero attached hydrogens (tertiary/aromatic N) is 4. The van der Waals surface area contributed by atoms with Crippen LogP contribution in [0.4, 0.5) is 11.9 Å².